The van der Waals surface area contributed by atoms with Gasteiger partial charge in [0.25, 0.3) is 0 Å². The van der Waals surface area contributed by atoms with Crippen LogP contribution in [0.5, 0.6) is 5.88 Å². The first-order valence-electron chi connectivity index (χ1n) is 6.95. The van der Waals surface area contributed by atoms with Crippen molar-refractivity contribution in [2.24, 2.45) is 0 Å². The van der Waals surface area contributed by atoms with Gasteiger partial charge in [0.2, 0.25) is 11.8 Å². The highest BCUT2D eigenvalue weighted by molar-refractivity contribution is 5.78. The highest BCUT2D eigenvalue weighted by Crippen LogP contribution is 2.24. The van der Waals surface area contributed by atoms with E-state index in [9.17, 15) is 0 Å². The molecule has 3 rings (SSSR count). The highest BCUT2D eigenvalue weighted by atomic mass is 16.5. The number of nitrogen functional groups attached to an aromatic ring is 1. The van der Waals surface area contributed by atoms with E-state index in [1.807, 2.05) is 4.57 Å². The smallest absolute Gasteiger partial charge is 0.245 e. The first kappa shape index (κ1) is 13.1. The third kappa shape index (κ3) is 2.18. The number of imidazole rings is 1. The van der Waals surface area contributed by atoms with Gasteiger partial charge in [0.1, 0.15) is 6.33 Å². The van der Waals surface area contributed by atoms with Crippen molar-refractivity contribution in [2.75, 3.05) is 25.9 Å². The average molecular weight is 276 g/mol. The van der Waals surface area contributed by atoms with Gasteiger partial charge in [0.15, 0.2) is 11.2 Å². The molecule has 1 aliphatic heterocycles. The van der Waals surface area contributed by atoms with Gasteiger partial charge in [-0.25, -0.2) is 9.97 Å². The molecule has 0 aromatic carbocycles. The number of hydrogen-bond acceptors (Lipinski definition) is 6. The molecule has 2 aromatic heterocycles. The minimum atomic E-state index is 0.415. The molecule has 1 saturated heterocycles. The van der Waals surface area contributed by atoms with Gasteiger partial charge < -0.3 is 10.5 Å². The summed E-state index contributed by atoms with van der Waals surface area (Å²) >= 11 is 0. The zero-order chi connectivity index (χ0) is 14.1. The summed E-state index contributed by atoms with van der Waals surface area (Å²) in [5, 5.41) is 0. The van der Waals surface area contributed by atoms with Crippen LogP contribution in [0.2, 0.25) is 0 Å². The van der Waals surface area contributed by atoms with E-state index in [0.29, 0.717) is 23.4 Å². The third-order valence-corrected chi connectivity index (χ3v) is 3.93. The van der Waals surface area contributed by atoms with Gasteiger partial charge in [-0.05, 0) is 32.9 Å². The number of ether oxygens (including phenoxy) is 1. The predicted octanol–water partition coefficient (Wildman–Crippen LogP) is 0.901. The number of nitrogens with two attached hydrogens (primary N) is 1. The Kier molecular flexibility index (Phi) is 3.43. The number of rotatable bonds is 4. The summed E-state index contributed by atoms with van der Waals surface area (Å²) in [7, 11) is 1.57. The van der Waals surface area contributed by atoms with Gasteiger partial charge in [0.05, 0.1) is 7.11 Å². The Morgan fingerprint density at radius 3 is 2.80 bits per heavy atom. The molecule has 0 aliphatic carbocycles. The largest absolute Gasteiger partial charge is 0.479 e. The lowest BCUT2D eigenvalue weighted by atomic mass is 10.3. The van der Waals surface area contributed by atoms with Crippen LogP contribution in [-0.2, 0) is 6.54 Å². The number of fused-ring (bicyclic) bond motifs is 1. The molecule has 0 spiro atoms. The van der Waals surface area contributed by atoms with E-state index in [-0.39, 0.29) is 0 Å². The molecule has 0 saturated carbocycles. The van der Waals surface area contributed by atoms with E-state index in [0.717, 1.165) is 25.3 Å². The Labute approximate surface area is 117 Å². The van der Waals surface area contributed by atoms with E-state index in [1.54, 1.807) is 7.11 Å². The second-order valence-corrected chi connectivity index (χ2v) is 5.23. The first-order valence-corrected chi connectivity index (χ1v) is 6.95. The maximum absolute atomic E-state index is 6.03. The third-order valence-electron chi connectivity index (χ3n) is 3.93. The molecule has 0 radical (unpaired) electrons. The molecule has 2 aromatic rings. The van der Waals surface area contributed by atoms with Gasteiger partial charge in [0, 0.05) is 12.6 Å². The van der Waals surface area contributed by atoms with Crippen LogP contribution < -0.4 is 10.5 Å². The first-order chi connectivity index (χ1) is 9.70. The lowest BCUT2D eigenvalue weighted by Gasteiger charge is -2.24. The van der Waals surface area contributed by atoms with Crippen molar-refractivity contribution in [1.29, 1.82) is 0 Å². The van der Waals surface area contributed by atoms with Crippen molar-refractivity contribution in [3.63, 3.8) is 0 Å². The summed E-state index contributed by atoms with van der Waals surface area (Å²) < 4.78 is 7.15. The Balaban J connectivity index is 1.92. The molecule has 108 valence electrons. The van der Waals surface area contributed by atoms with Crippen molar-refractivity contribution in [2.45, 2.75) is 32.4 Å². The van der Waals surface area contributed by atoms with Crippen LogP contribution in [0.1, 0.15) is 19.8 Å². The molecule has 20 heavy (non-hydrogen) atoms. The van der Waals surface area contributed by atoms with Crippen molar-refractivity contribution in [3.8, 4) is 5.88 Å². The second kappa shape index (κ2) is 5.24. The monoisotopic (exact) mass is 276 g/mol. The number of anilines is 1. The number of hydrogen-bond donors (Lipinski definition) is 1. The fourth-order valence-electron chi connectivity index (χ4n) is 2.82. The zero-order valence-electron chi connectivity index (χ0n) is 11.9. The predicted molar refractivity (Wildman–Crippen MR) is 76.6 cm³/mol. The van der Waals surface area contributed by atoms with Gasteiger partial charge in [-0.15, -0.1) is 0 Å². The lowest BCUT2D eigenvalue weighted by molar-refractivity contribution is 0.238. The summed E-state index contributed by atoms with van der Waals surface area (Å²) in [4.78, 5) is 15.2. The van der Waals surface area contributed by atoms with Crippen LogP contribution in [-0.4, -0.2) is 50.7 Å². The highest BCUT2D eigenvalue weighted by Gasteiger charge is 2.21. The Hall–Kier alpha value is -1.89. The minimum absolute atomic E-state index is 0.415. The molecule has 1 aliphatic rings. The molecule has 1 fully saturated rings. The van der Waals surface area contributed by atoms with E-state index >= 15 is 0 Å². The average Bonchev–Trinajstić information content (AvgIpc) is 3.07. The summed E-state index contributed by atoms with van der Waals surface area (Å²) in [6.45, 7) is 5.32. The number of nitrogens with zero attached hydrogens (tertiary/aromatic N) is 5. The zero-order valence-corrected chi connectivity index (χ0v) is 11.9. The van der Waals surface area contributed by atoms with Crippen LogP contribution in [0.4, 0.5) is 5.95 Å². The van der Waals surface area contributed by atoms with Crippen LogP contribution in [0, 0.1) is 0 Å². The van der Waals surface area contributed by atoms with Crippen LogP contribution in [0.15, 0.2) is 6.33 Å². The second-order valence-electron chi connectivity index (χ2n) is 5.23. The molecule has 7 heteroatoms. The number of aromatic nitrogens is 4. The van der Waals surface area contributed by atoms with E-state index in [2.05, 4.69) is 26.8 Å². The van der Waals surface area contributed by atoms with Crippen molar-refractivity contribution in [3.05, 3.63) is 6.33 Å². The Morgan fingerprint density at radius 2 is 2.10 bits per heavy atom. The molecule has 7 nitrogen and oxygen atoms in total. The maximum atomic E-state index is 6.03. The van der Waals surface area contributed by atoms with Crippen molar-refractivity contribution in [1.82, 2.24) is 24.4 Å². The van der Waals surface area contributed by atoms with Crippen molar-refractivity contribution >= 4 is 17.1 Å². The van der Waals surface area contributed by atoms with Crippen LogP contribution >= 0.6 is 0 Å². The molecular weight excluding hydrogens is 256 g/mol. The van der Waals surface area contributed by atoms with Gasteiger partial charge >= 0.3 is 0 Å². The van der Waals surface area contributed by atoms with Gasteiger partial charge in [-0.3, -0.25) is 9.47 Å². The van der Waals surface area contributed by atoms with E-state index in [1.165, 1.54) is 19.2 Å². The topological polar surface area (TPSA) is 82.1 Å². The Bertz CT molecular complexity index is 604. The quantitative estimate of drug-likeness (QED) is 0.893. The van der Waals surface area contributed by atoms with Gasteiger partial charge in [-0.1, -0.05) is 0 Å². The fourth-order valence-corrected chi connectivity index (χ4v) is 2.82. The summed E-state index contributed by atoms with van der Waals surface area (Å²) in [6.07, 6.45) is 4.04. The standard InChI is InChI=1S/C13H20N6O/c1-9(18-5-3-4-6-18)7-19-11-10(17-13(19)14)12(20-2)16-8-15-11/h8-9H,3-7H2,1-2H3,(H2,14,17). The van der Waals surface area contributed by atoms with Gasteiger partial charge in [-0.2, -0.15) is 4.98 Å². The molecular formula is C13H20N6O. The van der Waals surface area contributed by atoms with E-state index in [4.69, 9.17) is 10.5 Å². The molecule has 2 N–H and O–H groups in total. The van der Waals surface area contributed by atoms with Crippen LogP contribution in [0.25, 0.3) is 11.2 Å². The lowest BCUT2D eigenvalue weighted by Crippen LogP contribution is -2.34. The van der Waals surface area contributed by atoms with E-state index < -0.39 is 0 Å². The fraction of sp³-hybridized carbons (Fsp3) is 0.615. The number of methoxy groups -OCH3 is 1. The molecule has 1 unspecified atom stereocenters. The Morgan fingerprint density at radius 1 is 1.35 bits per heavy atom. The minimum Gasteiger partial charge on any atom is -0.479 e. The summed E-state index contributed by atoms with van der Waals surface area (Å²) in [5.74, 6) is 0.930. The summed E-state index contributed by atoms with van der Waals surface area (Å²) in [6, 6.07) is 0.415. The summed E-state index contributed by atoms with van der Waals surface area (Å²) in [5.41, 5.74) is 7.40. The normalized spacial score (nSPS) is 17.7. The molecule has 1 atom stereocenters. The number of likely N-dealkylation sites (tertiary alicyclic amines) is 1. The van der Waals surface area contributed by atoms with Crippen LogP contribution in [0.3, 0.4) is 0 Å². The molecule has 0 amide bonds. The SMILES string of the molecule is COc1ncnc2c1nc(N)n2CC(C)N1CCCC1. The molecule has 0 bridgehead atoms. The van der Waals surface area contributed by atoms with Crippen molar-refractivity contribution < 1.29 is 4.74 Å². The maximum Gasteiger partial charge on any atom is 0.245 e. The molecule has 3 heterocycles.